The van der Waals surface area contributed by atoms with Crippen LogP contribution in [0.1, 0.15) is 46.9 Å². The number of aromatic nitrogens is 4. The molecule has 3 heterocycles. The van der Waals surface area contributed by atoms with Crippen LogP contribution in [-0.4, -0.2) is 51.6 Å². The number of amides is 1. The summed E-state index contributed by atoms with van der Waals surface area (Å²) >= 11 is 6.93. The Labute approximate surface area is 189 Å². The van der Waals surface area contributed by atoms with E-state index in [1.54, 1.807) is 26.4 Å². The van der Waals surface area contributed by atoms with Gasteiger partial charge >= 0.3 is 0 Å². The summed E-state index contributed by atoms with van der Waals surface area (Å²) in [7, 11) is 3.11. The smallest absolute Gasteiger partial charge is 0.258 e. The van der Waals surface area contributed by atoms with Gasteiger partial charge in [-0.05, 0) is 31.4 Å². The Morgan fingerprint density at radius 2 is 2.12 bits per heavy atom. The first kappa shape index (κ1) is 20.7. The van der Waals surface area contributed by atoms with Gasteiger partial charge in [-0.15, -0.1) is 0 Å². The zero-order chi connectivity index (χ0) is 22.6. The maximum Gasteiger partial charge on any atom is 0.258 e. The van der Waals surface area contributed by atoms with Crippen molar-refractivity contribution in [2.45, 2.75) is 30.6 Å². The van der Waals surface area contributed by atoms with Crippen molar-refractivity contribution in [1.82, 2.24) is 25.1 Å². The molecule has 10 heteroatoms. The van der Waals surface area contributed by atoms with E-state index in [0.29, 0.717) is 17.1 Å². The van der Waals surface area contributed by atoms with Crippen LogP contribution in [0.2, 0.25) is 5.02 Å². The summed E-state index contributed by atoms with van der Waals surface area (Å²) in [6.07, 6.45) is 5.74. The van der Waals surface area contributed by atoms with Crippen LogP contribution in [0.3, 0.4) is 0 Å². The number of nitrogen functional groups attached to an aromatic ring is 1. The molecule has 1 aliphatic carbocycles. The molecule has 1 aliphatic heterocycles. The Kier molecular flexibility index (Phi) is 4.81. The number of carbonyl (C=O) groups excluding carboxylic acids is 1. The molecule has 1 saturated carbocycles. The summed E-state index contributed by atoms with van der Waals surface area (Å²) in [6, 6.07) is 3.08. The van der Waals surface area contributed by atoms with Crippen molar-refractivity contribution in [3.8, 4) is 11.1 Å². The first-order valence-electron chi connectivity index (χ1n) is 10.4. The van der Waals surface area contributed by atoms with Crippen LogP contribution in [-0.2, 0) is 5.41 Å². The lowest BCUT2D eigenvalue weighted by atomic mass is 9.79. The Balaban J connectivity index is 1.60. The lowest BCUT2D eigenvalue weighted by Crippen LogP contribution is -2.25. The second kappa shape index (κ2) is 7.44. The molecule has 2 atom stereocenters. The van der Waals surface area contributed by atoms with Crippen LogP contribution in [0, 0.1) is 5.82 Å². The number of carbonyl (C=O) groups is 1. The third kappa shape index (κ3) is 3.02. The molecule has 1 fully saturated rings. The number of nitrogens with zero attached hydrogens (tertiary/aromatic N) is 4. The van der Waals surface area contributed by atoms with Crippen molar-refractivity contribution < 1.29 is 9.18 Å². The number of pyridine rings is 1. The Morgan fingerprint density at radius 3 is 2.84 bits per heavy atom. The third-order valence-corrected chi connectivity index (χ3v) is 7.05. The number of fused-ring (bicyclic) bond motifs is 2. The van der Waals surface area contributed by atoms with Gasteiger partial charge in [0.15, 0.2) is 0 Å². The molecule has 8 nitrogen and oxygen atoms in total. The average molecular weight is 456 g/mol. The first-order valence-corrected chi connectivity index (χ1v) is 10.8. The fourth-order valence-electron chi connectivity index (χ4n) is 5.03. The molecule has 4 N–H and O–H groups in total. The van der Waals surface area contributed by atoms with E-state index in [9.17, 15) is 4.79 Å². The second-order valence-electron chi connectivity index (χ2n) is 8.74. The SMILES string of the molecule is CN(C)C(=O)c1c(N)ccc(-c2cnc3c(c2Cl)[C@@]2(CC[C@H](c4ncn[nH]4)C2)CN3)c1F. The molecule has 166 valence electrons. The molecule has 2 aromatic heterocycles. The fraction of sp³-hybridized carbons (Fsp3) is 0.364. The van der Waals surface area contributed by atoms with Crippen molar-refractivity contribution in [2.75, 3.05) is 31.7 Å². The van der Waals surface area contributed by atoms with Gasteiger partial charge in [0.25, 0.3) is 5.91 Å². The van der Waals surface area contributed by atoms with Gasteiger partial charge < -0.3 is 16.0 Å². The number of hydrogen-bond acceptors (Lipinski definition) is 6. The maximum absolute atomic E-state index is 15.5. The zero-order valence-electron chi connectivity index (χ0n) is 17.7. The fourth-order valence-corrected chi connectivity index (χ4v) is 5.48. The van der Waals surface area contributed by atoms with Gasteiger partial charge in [0, 0.05) is 60.5 Å². The summed E-state index contributed by atoms with van der Waals surface area (Å²) in [5.74, 6) is 0.626. The number of H-pyrrole nitrogens is 1. The van der Waals surface area contributed by atoms with Gasteiger partial charge in [-0.3, -0.25) is 9.89 Å². The predicted molar refractivity (Wildman–Crippen MR) is 120 cm³/mol. The molecular weight excluding hydrogens is 433 g/mol. The van der Waals surface area contributed by atoms with Gasteiger partial charge in [-0.1, -0.05) is 11.6 Å². The quantitative estimate of drug-likeness (QED) is 0.520. The van der Waals surface area contributed by atoms with Gasteiger partial charge in [0.2, 0.25) is 0 Å². The molecule has 1 spiro atoms. The minimum Gasteiger partial charge on any atom is -0.398 e. The number of rotatable bonds is 3. The normalized spacial score (nSPS) is 21.6. The number of anilines is 2. The van der Waals surface area contributed by atoms with Gasteiger partial charge in [0.05, 0.1) is 10.6 Å². The molecule has 5 rings (SSSR count). The largest absolute Gasteiger partial charge is 0.398 e. The minimum absolute atomic E-state index is 0.0824. The average Bonchev–Trinajstić information content (AvgIpc) is 3.50. The van der Waals surface area contributed by atoms with Crippen LogP contribution in [0.4, 0.5) is 15.9 Å². The summed E-state index contributed by atoms with van der Waals surface area (Å²) in [4.78, 5) is 22.7. The highest BCUT2D eigenvalue weighted by atomic mass is 35.5. The van der Waals surface area contributed by atoms with E-state index in [0.717, 1.165) is 36.5 Å². The molecule has 2 aliphatic rings. The Hall–Kier alpha value is -3.20. The van der Waals surface area contributed by atoms with Crippen LogP contribution < -0.4 is 11.1 Å². The van der Waals surface area contributed by atoms with E-state index in [2.05, 4.69) is 25.5 Å². The molecule has 0 radical (unpaired) electrons. The number of hydrogen-bond donors (Lipinski definition) is 3. The van der Waals surface area contributed by atoms with Crippen molar-refractivity contribution in [1.29, 1.82) is 0 Å². The summed E-state index contributed by atoms with van der Waals surface area (Å²) in [5, 5.41) is 10.8. The summed E-state index contributed by atoms with van der Waals surface area (Å²) < 4.78 is 15.5. The van der Waals surface area contributed by atoms with Crippen molar-refractivity contribution in [3.05, 3.63) is 52.4 Å². The molecule has 1 aromatic carbocycles. The molecule has 0 saturated heterocycles. The predicted octanol–water partition coefficient (Wildman–Crippen LogP) is 3.57. The molecule has 32 heavy (non-hydrogen) atoms. The standard InChI is InChI=1S/C22H23ClFN7O/c1-31(2)21(32)15-14(25)4-3-12(18(15)24)13-8-26-20-16(17(13)23)22(9-27-20)6-5-11(7-22)19-28-10-29-30-19/h3-4,8,10-11H,5-7,9,25H2,1-2H3,(H,26,27)(H,28,29,30)/t11-,22+/m0/s1. The Morgan fingerprint density at radius 1 is 1.31 bits per heavy atom. The molecule has 1 amide bonds. The number of aromatic amines is 1. The highest BCUT2D eigenvalue weighted by molar-refractivity contribution is 6.34. The number of nitrogens with one attached hydrogen (secondary N) is 2. The van der Waals surface area contributed by atoms with Crippen molar-refractivity contribution in [3.63, 3.8) is 0 Å². The van der Waals surface area contributed by atoms with E-state index in [4.69, 9.17) is 17.3 Å². The second-order valence-corrected chi connectivity index (χ2v) is 9.12. The van der Waals surface area contributed by atoms with Gasteiger partial charge in [-0.25, -0.2) is 14.4 Å². The van der Waals surface area contributed by atoms with Crippen molar-refractivity contribution >= 4 is 29.0 Å². The lowest BCUT2D eigenvalue weighted by Gasteiger charge is -2.25. The lowest BCUT2D eigenvalue weighted by molar-refractivity contribution is 0.0824. The summed E-state index contributed by atoms with van der Waals surface area (Å²) in [6.45, 7) is 0.706. The number of nitrogens with two attached hydrogens (primary N) is 1. The number of benzene rings is 1. The monoisotopic (exact) mass is 455 g/mol. The summed E-state index contributed by atoms with van der Waals surface area (Å²) in [5.41, 5.74) is 7.18. The van der Waals surface area contributed by atoms with Crippen LogP contribution in [0.5, 0.6) is 0 Å². The maximum atomic E-state index is 15.5. The molecule has 0 bridgehead atoms. The first-order chi connectivity index (χ1) is 15.3. The van der Waals surface area contributed by atoms with Gasteiger partial charge in [0.1, 0.15) is 23.8 Å². The van der Waals surface area contributed by atoms with E-state index in [1.807, 2.05) is 0 Å². The third-order valence-electron chi connectivity index (χ3n) is 6.65. The van der Waals surface area contributed by atoms with E-state index >= 15 is 4.39 Å². The molecular formula is C22H23ClFN7O. The zero-order valence-corrected chi connectivity index (χ0v) is 18.5. The van der Waals surface area contributed by atoms with Gasteiger partial charge in [-0.2, -0.15) is 5.10 Å². The van der Waals surface area contributed by atoms with Crippen LogP contribution in [0.25, 0.3) is 11.1 Å². The number of halogens is 2. The van der Waals surface area contributed by atoms with Crippen molar-refractivity contribution in [2.24, 2.45) is 0 Å². The van der Waals surface area contributed by atoms with E-state index in [-0.39, 0.29) is 28.1 Å². The van der Waals surface area contributed by atoms with Crippen LogP contribution >= 0.6 is 11.6 Å². The Bertz CT molecular complexity index is 1210. The highest BCUT2D eigenvalue weighted by Gasteiger charge is 2.48. The van der Waals surface area contributed by atoms with E-state index < -0.39 is 11.7 Å². The topological polar surface area (TPSA) is 113 Å². The highest BCUT2D eigenvalue weighted by Crippen LogP contribution is 2.55. The minimum atomic E-state index is -0.696. The van der Waals surface area contributed by atoms with Crippen LogP contribution in [0.15, 0.2) is 24.7 Å². The molecule has 3 aromatic rings. The van der Waals surface area contributed by atoms with E-state index in [1.165, 1.54) is 17.3 Å². The molecule has 0 unspecified atom stereocenters.